The molecule has 1 aliphatic rings. The van der Waals surface area contributed by atoms with E-state index < -0.39 is 36.1 Å². The highest BCUT2D eigenvalue weighted by Crippen LogP contribution is 2.23. The number of carbonyl (C=O) groups excluding carboxylic acids is 2. The number of hydrogen-bond acceptors (Lipinski definition) is 9. The summed E-state index contributed by atoms with van der Waals surface area (Å²) in [6.45, 7) is 4.04. The van der Waals surface area contributed by atoms with E-state index >= 15 is 0 Å². The van der Waals surface area contributed by atoms with Crippen LogP contribution in [0.25, 0.3) is 0 Å². The van der Waals surface area contributed by atoms with E-state index in [2.05, 4.69) is 12.1 Å². The number of esters is 2. The lowest BCUT2D eigenvalue weighted by molar-refractivity contribution is -0.192. The molecule has 1 heterocycles. The van der Waals surface area contributed by atoms with Crippen molar-refractivity contribution in [2.45, 2.75) is 44.1 Å². The van der Waals surface area contributed by atoms with Crippen molar-refractivity contribution in [2.75, 3.05) is 13.1 Å². The predicted molar refractivity (Wildman–Crippen MR) is 151 cm³/mol. The molecule has 1 saturated heterocycles. The van der Waals surface area contributed by atoms with E-state index in [9.17, 15) is 29.4 Å². The fraction of sp³-hybridized carbons (Fsp3) is 0.290. The van der Waals surface area contributed by atoms with Crippen LogP contribution in [0.1, 0.15) is 52.1 Å². The first kappa shape index (κ1) is 31.9. The third kappa shape index (κ3) is 9.51. The smallest absolute Gasteiger partial charge is 0.349 e. The highest BCUT2D eigenvalue weighted by atomic mass is 16.7. The molecule has 2 unspecified atom stereocenters. The summed E-state index contributed by atoms with van der Waals surface area (Å²) in [6.07, 6.45) is -2.01. The molecule has 4 N–H and O–H groups in total. The van der Waals surface area contributed by atoms with Gasteiger partial charge in [-0.3, -0.25) is 4.84 Å². The quantitative estimate of drug-likeness (QED) is 0.284. The fourth-order valence-electron chi connectivity index (χ4n) is 4.06. The molecule has 1 aliphatic heterocycles. The zero-order valence-electron chi connectivity index (χ0n) is 23.1. The Bertz CT molecular complexity index is 1230. The molecule has 222 valence electrons. The van der Waals surface area contributed by atoms with Crippen LogP contribution >= 0.6 is 0 Å². The van der Waals surface area contributed by atoms with Crippen LogP contribution in [0.15, 0.2) is 91.0 Å². The number of benzene rings is 3. The molecule has 0 bridgehead atoms. The van der Waals surface area contributed by atoms with Crippen molar-refractivity contribution < 1.29 is 43.7 Å². The molecule has 0 amide bonds. The first-order valence-electron chi connectivity index (χ1n) is 13.4. The molecule has 4 rings (SSSR count). The summed E-state index contributed by atoms with van der Waals surface area (Å²) in [5.41, 5.74) is 7.20. The first-order valence-corrected chi connectivity index (χ1v) is 13.4. The Balaban J connectivity index is 0.000000258. The molecule has 0 radical (unpaired) electrons. The Morgan fingerprint density at radius 2 is 1.07 bits per heavy atom. The number of hydroxylamine groups is 2. The van der Waals surface area contributed by atoms with Crippen LogP contribution in [0.4, 0.5) is 0 Å². The Hall–Kier alpha value is -4.58. The number of nitrogens with two attached hydrogens (primary N) is 1. The molecule has 0 saturated carbocycles. The lowest BCUT2D eigenvalue weighted by Gasteiger charge is -2.26. The predicted octanol–water partition coefficient (Wildman–Crippen LogP) is 3.71. The summed E-state index contributed by atoms with van der Waals surface area (Å²) in [7, 11) is 0. The van der Waals surface area contributed by atoms with Crippen molar-refractivity contribution in [1.29, 1.82) is 0 Å². The fourth-order valence-corrected chi connectivity index (χ4v) is 4.06. The highest BCUT2D eigenvalue weighted by Gasteiger charge is 2.41. The first-order chi connectivity index (χ1) is 20.2. The minimum absolute atomic E-state index is 0.00278. The van der Waals surface area contributed by atoms with E-state index in [4.69, 9.17) is 20.0 Å². The summed E-state index contributed by atoms with van der Waals surface area (Å²) >= 11 is 0. The maximum absolute atomic E-state index is 12.0. The van der Waals surface area contributed by atoms with Crippen LogP contribution in [-0.4, -0.2) is 70.5 Å². The molecule has 3 aromatic rings. The highest BCUT2D eigenvalue weighted by molar-refractivity contribution is 5.95. The third-order valence-corrected chi connectivity index (χ3v) is 6.18. The standard InChI is InChI=1S/C18H14O8.C13H20N2O/c19-15(20)13(25-17(23)11-7-3-1-4-8-11)14(16(21)22)26-18(24)12-9-5-2-6-10-12;1-11(14)13(12-7-3-2-4-8-12)16-15-9-5-6-10-15/h1-10,13-14H,(H,19,20)(H,21,22);2-4,7-8,11,13H,5-6,9-10,14H2,1H3/t13-,14-;/m0./s1. The van der Waals surface area contributed by atoms with Gasteiger partial charge in [0.25, 0.3) is 0 Å². The molecule has 0 aromatic heterocycles. The van der Waals surface area contributed by atoms with Crippen molar-refractivity contribution in [1.82, 2.24) is 5.06 Å². The number of aliphatic carboxylic acids is 2. The Kier molecular flexibility index (Phi) is 12.2. The van der Waals surface area contributed by atoms with Gasteiger partial charge in [-0.05, 0) is 49.6 Å². The summed E-state index contributed by atoms with van der Waals surface area (Å²) in [5, 5.41) is 20.5. The summed E-state index contributed by atoms with van der Waals surface area (Å²) in [6, 6.07) is 25.0. The molecule has 0 aliphatic carbocycles. The van der Waals surface area contributed by atoms with Gasteiger partial charge in [0.05, 0.1) is 11.1 Å². The molecular weight excluding hydrogens is 544 g/mol. The van der Waals surface area contributed by atoms with Crippen LogP contribution in [-0.2, 0) is 23.9 Å². The van der Waals surface area contributed by atoms with Gasteiger partial charge in [0.2, 0.25) is 12.2 Å². The normalized spacial score (nSPS) is 15.7. The van der Waals surface area contributed by atoms with Crippen LogP contribution in [0, 0.1) is 0 Å². The minimum Gasteiger partial charge on any atom is -0.478 e. The number of carbonyl (C=O) groups is 4. The maximum atomic E-state index is 12.0. The number of hydrogen-bond donors (Lipinski definition) is 3. The summed E-state index contributed by atoms with van der Waals surface area (Å²) < 4.78 is 9.52. The monoisotopic (exact) mass is 578 g/mol. The van der Waals surface area contributed by atoms with Crippen LogP contribution in [0.2, 0.25) is 0 Å². The van der Waals surface area contributed by atoms with Gasteiger partial charge in [-0.1, -0.05) is 66.7 Å². The van der Waals surface area contributed by atoms with Crippen molar-refractivity contribution in [3.8, 4) is 0 Å². The lowest BCUT2D eigenvalue weighted by atomic mass is 10.0. The molecule has 3 aromatic carbocycles. The molecule has 42 heavy (non-hydrogen) atoms. The van der Waals surface area contributed by atoms with E-state index in [1.54, 1.807) is 12.1 Å². The zero-order chi connectivity index (χ0) is 30.5. The second kappa shape index (κ2) is 16.0. The lowest BCUT2D eigenvalue weighted by Crippen LogP contribution is -2.45. The van der Waals surface area contributed by atoms with Gasteiger partial charge in [-0.2, -0.15) is 5.06 Å². The van der Waals surface area contributed by atoms with Crippen molar-refractivity contribution in [3.63, 3.8) is 0 Å². The summed E-state index contributed by atoms with van der Waals surface area (Å²) in [4.78, 5) is 52.8. The molecule has 0 spiro atoms. The van der Waals surface area contributed by atoms with E-state index in [1.165, 1.54) is 61.4 Å². The largest absolute Gasteiger partial charge is 0.478 e. The van der Waals surface area contributed by atoms with Crippen LogP contribution < -0.4 is 5.73 Å². The van der Waals surface area contributed by atoms with E-state index in [-0.39, 0.29) is 23.3 Å². The Labute approximate surface area is 243 Å². The van der Waals surface area contributed by atoms with Gasteiger partial charge < -0.3 is 25.4 Å². The van der Waals surface area contributed by atoms with Gasteiger partial charge in [0, 0.05) is 19.1 Å². The number of nitrogens with zero attached hydrogens (tertiary/aromatic N) is 1. The number of carboxylic acid groups (broad SMARTS) is 2. The third-order valence-electron chi connectivity index (χ3n) is 6.18. The molecule has 4 atom stereocenters. The van der Waals surface area contributed by atoms with Crippen LogP contribution in [0.3, 0.4) is 0 Å². The number of rotatable bonds is 11. The van der Waals surface area contributed by atoms with E-state index in [1.807, 2.05) is 30.2 Å². The molecule has 1 fully saturated rings. The Morgan fingerprint density at radius 1 is 0.690 bits per heavy atom. The maximum Gasteiger partial charge on any atom is 0.349 e. The topological polar surface area (TPSA) is 166 Å². The van der Waals surface area contributed by atoms with Gasteiger partial charge in [0.1, 0.15) is 6.10 Å². The van der Waals surface area contributed by atoms with Gasteiger partial charge in [-0.25, -0.2) is 19.2 Å². The number of carboxylic acids is 2. The second-order valence-electron chi connectivity index (χ2n) is 9.49. The second-order valence-corrected chi connectivity index (χ2v) is 9.49. The number of ether oxygens (including phenoxy) is 2. The molecule has 11 heteroatoms. The summed E-state index contributed by atoms with van der Waals surface area (Å²) in [5.74, 6) is -5.63. The van der Waals surface area contributed by atoms with Crippen molar-refractivity contribution in [3.05, 3.63) is 108 Å². The van der Waals surface area contributed by atoms with E-state index in [0.717, 1.165) is 18.7 Å². The molecule has 11 nitrogen and oxygen atoms in total. The van der Waals surface area contributed by atoms with Crippen molar-refractivity contribution >= 4 is 23.9 Å². The zero-order valence-corrected chi connectivity index (χ0v) is 23.1. The van der Waals surface area contributed by atoms with Gasteiger partial charge in [-0.15, -0.1) is 0 Å². The van der Waals surface area contributed by atoms with Crippen molar-refractivity contribution in [2.24, 2.45) is 5.73 Å². The SMILES string of the molecule is CC(N)C(ON1CCCC1)c1ccccc1.O=C(O[C@H](C(=O)O)[C@H](OC(=O)c1ccccc1)C(=O)O)c1ccccc1. The minimum atomic E-state index is -2.21. The van der Waals surface area contributed by atoms with E-state index in [0.29, 0.717) is 0 Å². The molecular formula is C31H34N2O9. The van der Waals surface area contributed by atoms with Crippen LogP contribution in [0.5, 0.6) is 0 Å². The average Bonchev–Trinajstić information content (AvgIpc) is 3.52. The average molecular weight is 579 g/mol. The van der Waals surface area contributed by atoms with Gasteiger partial charge >= 0.3 is 23.9 Å². The van der Waals surface area contributed by atoms with Gasteiger partial charge in [0.15, 0.2) is 0 Å². The Morgan fingerprint density at radius 3 is 1.43 bits per heavy atom.